The molecular formula is C34H29N5O4. The molecule has 0 radical (unpaired) electrons. The molecule has 214 valence electrons. The number of hydrogen-bond acceptors (Lipinski definition) is 6. The van der Waals surface area contributed by atoms with Gasteiger partial charge in [-0.25, -0.2) is 5.43 Å². The van der Waals surface area contributed by atoms with Crippen LogP contribution in [0.5, 0.6) is 0 Å². The molecule has 4 aromatic carbocycles. The lowest BCUT2D eigenvalue weighted by Crippen LogP contribution is -2.36. The molecule has 0 bridgehead atoms. The van der Waals surface area contributed by atoms with E-state index >= 15 is 0 Å². The number of carbonyl (C=O) groups excluding carboxylic acids is 1. The van der Waals surface area contributed by atoms with E-state index in [4.69, 9.17) is 4.74 Å². The Hall–Kier alpha value is -5.54. The predicted octanol–water partition coefficient (Wildman–Crippen LogP) is 6.32. The van der Waals surface area contributed by atoms with Crippen LogP contribution in [0.2, 0.25) is 0 Å². The molecule has 0 atom stereocenters. The maximum absolute atomic E-state index is 12.9. The molecule has 1 aromatic heterocycles. The lowest BCUT2D eigenvalue weighted by Gasteiger charge is -2.28. The molecule has 1 saturated heterocycles. The molecule has 9 heteroatoms. The zero-order valence-corrected chi connectivity index (χ0v) is 23.3. The third kappa shape index (κ3) is 6.07. The second kappa shape index (κ2) is 12.5. The fraction of sp³-hybridized carbons (Fsp3) is 0.118. The Kier molecular flexibility index (Phi) is 8.06. The number of rotatable bonds is 8. The highest BCUT2D eigenvalue weighted by molar-refractivity contribution is 5.95. The first kappa shape index (κ1) is 27.6. The summed E-state index contributed by atoms with van der Waals surface area (Å²) < 4.78 is 7.53. The van der Waals surface area contributed by atoms with E-state index in [1.807, 2.05) is 53.4 Å². The standard InChI is InChI=1S/C34H29N5O4/c40-34(36-35-24-25-11-16-32(33(23-25)39(41)42)37-19-21-43-22-20-37)28-12-14-29(15-13-28)38-30(26-7-3-1-4-8-26)17-18-31(38)27-9-5-2-6-10-27/h1-18,23-24H,19-22H2,(H,36,40)/b35-24-. The van der Waals surface area contributed by atoms with Gasteiger partial charge in [-0.3, -0.25) is 14.9 Å². The van der Waals surface area contributed by atoms with Crippen molar-refractivity contribution in [2.45, 2.75) is 0 Å². The molecule has 1 aliphatic rings. The Labute approximate surface area is 248 Å². The molecule has 43 heavy (non-hydrogen) atoms. The quantitative estimate of drug-likeness (QED) is 0.133. The van der Waals surface area contributed by atoms with Gasteiger partial charge in [-0.15, -0.1) is 0 Å². The van der Waals surface area contributed by atoms with Gasteiger partial charge in [0, 0.05) is 36.0 Å². The SMILES string of the molecule is O=C(N/N=C\c1ccc(N2CCOCC2)c([N+](=O)[O-])c1)c1ccc(-n2c(-c3ccccc3)ccc2-c2ccccc2)cc1. The summed E-state index contributed by atoms with van der Waals surface area (Å²) in [7, 11) is 0. The molecule has 9 nitrogen and oxygen atoms in total. The van der Waals surface area contributed by atoms with E-state index in [0.29, 0.717) is 43.1 Å². The Bertz CT molecular complexity index is 1700. The van der Waals surface area contributed by atoms with Crippen molar-refractivity contribution in [2.24, 2.45) is 5.10 Å². The third-order valence-electron chi connectivity index (χ3n) is 7.34. The van der Waals surface area contributed by atoms with Gasteiger partial charge in [0.2, 0.25) is 0 Å². The highest BCUT2D eigenvalue weighted by Gasteiger charge is 2.21. The summed E-state index contributed by atoms with van der Waals surface area (Å²) in [5.41, 5.74) is 9.16. The maximum atomic E-state index is 12.9. The third-order valence-corrected chi connectivity index (χ3v) is 7.34. The van der Waals surface area contributed by atoms with Crippen molar-refractivity contribution in [3.05, 3.63) is 137 Å². The number of nitro benzene ring substituents is 1. The van der Waals surface area contributed by atoms with Crippen LogP contribution in [0.3, 0.4) is 0 Å². The van der Waals surface area contributed by atoms with Gasteiger partial charge in [0.05, 0.1) is 35.7 Å². The number of morpholine rings is 1. The van der Waals surface area contributed by atoms with Crippen LogP contribution in [0.15, 0.2) is 120 Å². The summed E-state index contributed by atoms with van der Waals surface area (Å²) >= 11 is 0. The number of hydrogen-bond donors (Lipinski definition) is 1. The number of benzene rings is 4. The molecule has 0 unspecified atom stereocenters. The van der Waals surface area contributed by atoms with E-state index in [2.05, 4.69) is 51.5 Å². The molecule has 1 fully saturated rings. The molecule has 0 saturated carbocycles. The first-order valence-electron chi connectivity index (χ1n) is 14.0. The molecule has 6 rings (SSSR count). The van der Waals surface area contributed by atoms with E-state index in [9.17, 15) is 14.9 Å². The minimum atomic E-state index is -0.403. The predicted molar refractivity (Wildman–Crippen MR) is 168 cm³/mol. The number of aromatic nitrogens is 1. The molecule has 1 aliphatic heterocycles. The topological polar surface area (TPSA) is 102 Å². The molecule has 0 aliphatic carbocycles. The van der Waals surface area contributed by atoms with E-state index in [1.54, 1.807) is 24.3 Å². The fourth-order valence-corrected chi connectivity index (χ4v) is 5.21. The number of nitro groups is 1. The van der Waals surface area contributed by atoms with Crippen LogP contribution in [0, 0.1) is 10.1 Å². The lowest BCUT2D eigenvalue weighted by molar-refractivity contribution is -0.384. The van der Waals surface area contributed by atoms with Crippen molar-refractivity contribution in [1.82, 2.24) is 9.99 Å². The van der Waals surface area contributed by atoms with Gasteiger partial charge < -0.3 is 14.2 Å². The van der Waals surface area contributed by atoms with Gasteiger partial charge in [0.25, 0.3) is 11.6 Å². The summed E-state index contributed by atoms with van der Waals surface area (Å²) in [6.07, 6.45) is 1.40. The molecule has 1 N–H and O–H groups in total. The number of carbonyl (C=O) groups is 1. The monoisotopic (exact) mass is 571 g/mol. The van der Waals surface area contributed by atoms with Crippen molar-refractivity contribution >= 4 is 23.5 Å². The van der Waals surface area contributed by atoms with Gasteiger partial charge in [0.15, 0.2) is 0 Å². The minimum Gasteiger partial charge on any atom is -0.378 e. The first-order valence-corrected chi connectivity index (χ1v) is 14.0. The van der Waals surface area contributed by atoms with Gasteiger partial charge in [0.1, 0.15) is 5.69 Å². The summed E-state index contributed by atoms with van der Waals surface area (Å²) in [4.78, 5) is 26.2. The summed E-state index contributed by atoms with van der Waals surface area (Å²) in [5.74, 6) is -0.388. The molecule has 5 aromatic rings. The number of anilines is 1. The molecule has 2 heterocycles. The Balaban J connectivity index is 1.20. The highest BCUT2D eigenvalue weighted by Crippen LogP contribution is 2.33. The second-order valence-electron chi connectivity index (χ2n) is 10.0. The van der Waals surface area contributed by atoms with Crippen molar-refractivity contribution in [2.75, 3.05) is 31.2 Å². The number of ether oxygens (including phenoxy) is 1. The van der Waals surface area contributed by atoms with Gasteiger partial charge in [-0.1, -0.05) is 66.7 Å². The number of nitrogens with one attached hydrogen (secondary N) is 1. The van der Waals surface area contributed by atoms with Crippen LogP contribution >= 0.6 is 0 Å². The van der Waals surface area contributed by atoms with Gasteiger partial charge in [-0.2, -0.15) is 5.10 Å². The average Bonchev–Trinajstić information content (AvgIpc) is 3.51. The Morgan fingerprint density at radius 3 is 2.00 bits per heavy atom. The van der Waals surface area contributed by atoms with Crippen molar-refractivity contribution < 1.29 is 14.5 Å². The zero-order chi connectivity index (χ0) is 29.6. The summed E-state index contributed by atoms with van der Waals surface area (Å²) in [5, 5.41) is 15.8. The zero-order valence-electron chi connectivity index (χ0n) is 23.3. The number of amides is 1. The lowest BCUT2D eigenvalue weighted by atomic mass is 10.1. The molecular weight excluding hydrogens is 542 g/mol. The van der Waals surface area contributed by atoms with Crippen LogP contribution in [-0.4, -0.2) is 47.9 Å². The van der Waals surface area contributed by atoms with Crippen molar-refractivity contribution in [1.29, 1.82) is 0 Å². The van der Waals surface area contributed by atoms with E-state index in [0.717, 1.165) is 28.2 Å². The highest BCUT2D eigenvalue weighted by atomic mass is 16.6. The van der Waals surface area contributed by atoms with Crippen LogP contribution < -0.4 is 10.3 Å². The minimum absolute atomic E-state index is 0.0116. The van der Waals surface area contributed by atoms with Crippen LogP contribution in [0.4, 0.5) is 11.4 Å². The largest absolute Gasteiger partial charge is 0.378 e. The summed E-state index contributed by atoms with van der Waals surface area (Å²) in [6, 6.07) is 36.8. The van der Waals surface area contributed by atoms with Gasteiger partial charge >= 0.3 is 0 Å². The van der Waals surface area contributed by atoms with Crippen LogP contribution in [-0.2, 0) is 4.74 Å². The summed E-state index contributed by atoms with van der Waals surface area (Å²) in [6.45, 7) is 2.24. The average molecular weight is 572 g/mol. The van der Waals surface area contributed by atoms with Crippen molar-refractivity contribution in [3.63, 3.8) is 0 Å². The Morgan fingerprint density at radius 2 is 1.42 bits per heavy atom. The number of nitrogens with zero attached hydrogens (tertiary/aromatic N) is 4. The molecule has 0 spiro atoms. The van der Waals surface area contributed by atoms with Crippen molar-refractivity contribution in [3.8, 4) is 28.2 Å². The second-order valence-corrected chi connectivity index (χ2v) is 10.0. The number of hydrazone groups is 1. The van der Waals surface area contributed by atoms with E-state index in [-0.39, 0.29) is 11.6 Å². The van der Waals surface area contributed by atoms with E-state index < -0.39 is 4.92 Å². The van der Waals surface area contributed by atoms with Crippen LogP contribution in [0.25, 0.3) is 28.2 Å². The van der Waals surface area contributed by atoms with Gasteiger partial charge in [-0.05, 0) is 53.6 Å². The van der Waals surface area contributed by atoms with E-state index in [1.165, 1.54) is 12.3 Å². The fourth-order valence-electron chi connectivity index (χ4n) is 5.21. The Morgan fingerprint density at radius 1 is 0.814 bits per heavy atom. The normalized spacial score (nSPS) is 13.3. The molecule has 1 amide bonds. The smallest absolute Gasteiger partial charge is 0.293 e. The first-order chi connectivity index (χ1) is 21.1. The van der Waals surface area contributed by atoms with Crippen LogP contribution in [0.1, 0.15) is 15.9 Å². The maximum Gasteiger partial charge on any atom is 0.293 e.